The van der Waals surface area contributed by atoms with Crippen LogP contribution in [0.1, 0.15) is 31.4 Å². The van der Waals surface area contributed by atoms with Crippen LogP contribution in [0.5, 0.6) is 5.75 Å². The van der Waals surface area contributed by atoms with Crippen LogP contribution in [0.3, 0.4) is 0 Å². The fourth-order valence-corrected chi connectivity index (χ4v) is 5.86. The lowest BCUT2D eigenvalue weighted by atomic mass is 10.1. The van der Waals surface area contributed by atoms with Gasteiger partial charge in [0, 0.05) is 18.1 Å². The molecule has 3 aromatic rings. The number of carbonyl (C=O) groups excluding carboxylic acids is 2. The maximum Gasteiger partial charge on any atom is 0.264 e. The van der Waals surface area contributed by atoms with Crippen molar-refractivity contribution < 1.29 is 22.7 Å². The maximum atomic E-state index is 13.9. The monoisotopic (exact) mass is 605 g/mol. The first-order valence-electron chi connectivity index (χ1n) is 12.7. The standard InChI is InChI=1S/C29H33Cl2N3O5S/c1-5-15-32-29(36)21(3)33(18-22-7-6-8-23(30)16-22)28(35)19-34(24-11-14-27(39-4)26(31)17-24)40(37,38)25-12-9-20(2)10-13-25/h6-14,16-17,21H,5,15,18-19H2,1-4H3,(H,32,36)/t21-/m0/s1. The van der Waals surface area contributed by atoms with Crippen molar-refractivity contribution in [3.63, 3.8) is 0 Å². The van der Waals surface area contributed by atoms with Crippen LogP contribution in [-0.4, -0.2) is 51.4 Å². The second-order valence-electron chi connectivity index (χ2n) is 9.26. The van der Waals surface area contributed by atoms with Crippen LogP contribution in [0.2, 0.25) is 10.0 Å². The average molecular weight is 607 g/mol. The van der Waals surface area contributed by atoms with Gasteiger partial charge in [-0.25, -0.2) is 8.42 Å². The van der Waals surface area contributed by atoms with Gasteiger partial charge in [0.05, 0.1) is 22.7 Å². The van der Waals surface area contributed by atoms with E-state index in [2.05, 4.69) is 5.32 Å². The molecule has 0 aliphatic heterocycles. The fourth-order valence-electron chi connectivity index (χ4n) is 3.99. The number of nitrogens with zero attached hydrogens (tertiary/aromatic N) is 2. The highest BCUT2D eigenvalue weighted by Crippen LogP contribution is 2.32. The number of ether oxygens (including phenoxy) is 1. The molecular formula is C29H33Cl2N3O5S. The molecule has 2 amide bonds. The highest BCUT2D eigenvalue weighted by atomic mass is 35.5. The first kappa shape index (κ1) is 31.3. The lowest BCUT2D eigenvalue weighted by Gasteiger charge is -2.32. The number of carbonyl (C=O) groups is 2. The molecule has 0 heterocycles. The number of aryl methyl sites for hydroxylation is 1. The van der Waals surface area contributed by atoms with Crippen LogP contribution in [0.4, 0.5) is 5.69 Å². The molecule has 0 bridgehead atoms. The summed E-state index contributed by atoms with van der Waals surface area (Å²) in [6.07, 6.45) is 0.724. The van der Waals surface area contributed by atoms with E-state index in [1.54, 1.807) is 43.3 Å². The van der Waals surface area contributed by atoms with E-state index in [4.69, 9.17) is 27.9 Å². The quantitative estimate of drug-likeness (QED) is 0.296. The van der Waals surface area contributed by atoms with E-state index < -0.39 is 28.5 Å². The van der Waals surface area contributed by atoms with Crippen molar-refractivity contribution in [2.24, 2.45) is 0 Å². The number of sulfonamides is 1. The van der Waals surface area contributed by atoms with E-state index >= 15 is 0 Å². The summed E-state index contributed by atoms with van der Waals surface area (Å²) in [6.45, 7) is 5.29. The molecule has 1 N–H and O–H groups in total. The third-order valence-electron chi connectivity index (χ3n) is 6.27. The van der Waals surface area contributed by atoms with Crippen molar-refractivity contribution in [3.8, 4) is 5.75 Å². The van der Waals surface area contributed by atoms with E-state index in [-0.39, 0.29) is 28.1 Å². The molecule has 0 unspecified atom stereocenters. The molecule has 214 valence electrons. The molecule has 0 aliphatic rings. The molecule has 40 heavy (non-hydrogen) atoms. The highest BCUT2D eigenvalue weighted by molar-refractivity contribution is 7.92. The predicted molar refractivity (Wildman–Crippen MR) is 158 cm³/mol. The number of benzene rings is 3. The first-order chi connectivity index (χ1) is 19.0. The predicted octanol–water partition coefficient (Wildman–Crippen LogP) is 5.45. The molecule has 0 spiro atoms. The third kappa shape index (κ3) is 7.68. The summed E-state index contributed by atoms with van der Waals surface area (Å²) in [5.74, 6) is -0.576. The normalized spacial score (nSPS) is 11.9. The van der Waals surface area contributed by atoms with Gasteiger partial charge in [0.25, 0.3) is 10.0 Å². The van der Waals surface area contributed by atoms with Crippen LogP contribution < -0.4 is 14.4 Å². The molecule has 0 radical (unpaired) electrons. The minimum Gasteiger partial charge on any atom is -0.495 e. The smallest absolute Gasteiger partial charge is 0.264 e. The van der Waals surface area contributed by atoms with E-state index in [0.717, 1.165) is 16.3 Å². The molecule has 0 saturated carbocycles. The zero-order valence-corrected chi connectivity index (χ0v) is 25.2. The molecule has 8 nitrogen and oxygen atoms in total. The van der Waals surface area contributed by atoms with Gasteiger partial charge in [0.2, 0.25) is 11.8 Å². The molecule has 11 heteroatoms. The molecular weight excluding hydrogens is 573 g/mol. The van der Waals surface area contributed by atoms with Crippen molar-refractivity contribution in [1.82, 2.24) is 10.2 Å². The number of halogens is 2. The number of hydrogen-bond donors (Lipinski definition) is 1. The summed E-state index contributed by atoms with van der Waals surface area (Å²) < 4.78 is 34.0. The van der Waals surface area contributed by atoms with E-state index in [0.29, 0.717) is 22.9 Å². The van der Waals surface area contributed by atoms with Gasteiger partial charge in [-0.1, -0.05) is 60.0 Å². The molecule has 0 saturated heterocycles. The lowest BCUT2D eigenvalue weighted by Crippen LogP contribution is -2.51. The van der Waals surface area contributed by atoms with Gasteiger partial charge < -0.3 is 15.0 Å². The summed E-state index contributed by atoms with van der Waals surface area (Å²) >= 11 is 12.5. The van der Waals surface area contributed by atoms with Crippen LogP contribution in [0.25, 0.3) is 0 Å². The van der Waals surface area contributed by atoms with Crippen LogP contribution in [-0.2, 0) is 26.2 Å². The summed E-state index contributed by atoms with van der Waals surface area (Å²) in [5.41, 5.74) is 1.75. The van der Waals surface area contributed by atoms with Gasteiger partial charge in [0.1, 0.15) is 18.3 Å². The van der Waals surface area contributed by atoms with Gasteiger partial charge in [-0.15, -0.1) is 0 Å². The molecule has 0 aliphatic carbocycles. The Morgan fingerprint density at radius 2 is 1.73 bits per heavy atom. The van der Waals surface area contributed by atoms with Crippen LogP contribution in [0, 0.1) is 6.92 Å². The van der Waals surface area contributed by atoms with Gasteiger partial charge in [-0.2, -0.15) is 0 Å². The SMILES string of the molecule is CCCNC(=O)[C@H](C)N(Cc1cccc(Cl)c1)C(=O)CN(c1ccc(OC)c(Cl)c1)S(=O)(=O)c1ccc(C)cc1. The topological polar surface area (TPSA) is 96.0 Å². The van der Waals surface area contributed by atoms with Crippen molar-refractivity contribution in [3.05, 3.63) is 87.9 Å². The number of rotatable bonds is 12. The molecule has 3 rings (SSSR count). The first-order valence-corrected chi connectivity index (χ1v) is 14.9. The molecule has 0 aromatic heterocycles. The number of amides is 2. The van der Waals surface area contributed by atoms with Crippen molar-refractivity contribution in [2.45, 2.75) is 44.7 Å². The Hall–Kier alpha value is -3.27. The number of methoxy groups -OCH3 is 1. The average Bonchev–Trinajstić information content (AvgIpc) is 2.93. The second-order valence-corrected chi connectivity index (χ2v) is 12.0. The van der Waals surface area contributed by atoms with Crippen molar-refractivity contribution >= 4 is 50.7 Å². The maximum absolute atomic E-state index is 13.9. The zero-order chi connectivity index (χ0) is 29.4. The number of hydrogen-bond acceptors (Lipinski definition) is 5. The van der Waals surface area contributed by atoms with E-state index in [9.17, 15) is 18.0 Å². The Bertz CT molecular complexity index is 1450. The van der Waals surface area contributed by atoms with Gasteiger partial charge >= 0.3 is 0 Å². The van der Waals surface area contributed by atoms with Crippen LogP contribution in [0.15, 0.2) is 71.6 Å². The molecule has 1 atom stereocenters. The fraction of sp³-hybridized carbons (Fsp3) is 0.310. The summed E-state index contributed by atoms with van der Waals surface area (Å²) in [5, 5.41) is 3.47. The lowest BCUT2D eigenvalue weighted by molar-refractivity contribution is -0.139. The highest BCUT2D eigenvalue weighted by Gasteiger charge is 2.32. The summed E-state index contributed by atoms with van der Waals surface area (Å²) in [6, 6.07) is 16.9. The Balaban J connectivity index is 2.06. The van der Waals surface area contributed by atoms with Gasteiger partial charge in [0.15, 0.2) is 0 Å². The number of anilines is 1. The van der Waals surface area contributed by atoms with Gasteiger partial charge in [-0.3, -0.25) is 13.9 Å². The second kappa shape index (κ2) is 13.9. The molecule has 0 fully saturated rings. The zero-order valence-electron chi connectivity index (χ0n) is 22.9. The van der Waals surface area contributed by atoms with Gasteiger partial charge in [-0.05, 0) is 68.3 Å². The number of nitrogens with one attached hydrogen (secondary N) is 1. The van der Waals surface area contributed by atoms with E-state index in [1.807, 2.05) is 13.8 Å². The summed E-state index contributed by atoms with van der Waals surface area (Å²) in [7, 11) is -2.76. The minimum atomic E-state index is -4.21. The van der Waals surface area contributed by atoms with E-state index in [1.165, 1.54) is 42.3 Å². The Labute approximate surface area is 245 Å². The Morgan fingerprint density at radius 1 is 1.02 bits per heavy atom. The van der Waals surface area contributed by atoms with Crippen molar-refractivity contribution in [1.29, 1.82) is 0 Å². The third-order valence-corrected chi connectivity index (χ3v) is 8.59. The van der Waals surface area contributed by atoms with Crippen molar-refractivity contribution in [2.75, 3.05) is 24.5 Å². The Kier molecular flexibility index (Phi) is 10.8. The summed E-state index contributed by atoms with van der Waals surface area (Å²) in [4.78, 5) is 28.2. The Morgan fingerprint density at radius 3 is 2.33 bits per heavy atom. The minimum absolute atomic E-state index is 0.00738. The largest absolute Gasteiger partial charge is 0.495 e. The van der Waals surface area contributed by atoms with Crippen LogP contribution >= 0.6 is 23.2 Å². The molecule has 3 aromatic carbocycles.